The molecule has 1 aromatic heterocycles. The van der Waals surface area contributed by atoms with E-state index in [2.05, 4.69) is 16.9 Å². The first-order valence-corrected chi connectivity index (χ1v) is 9.67. The summed E-state index contributed by atoms with van der Waals surface area (Å²) in [7, 11) is 2.15. The number of aromatic nitrogens is 1. The molecule has 26 heavy (non-hydrogen) atoms. The number of likely N-dealkylation sites (tertiary alicyclic amines) is 2. The Kier molecular flexibility index (Phi) is 4.75. The molecule has 1 aromatic rings. The molecule has 6 heteroatoms. The van der Waals surface area contributed by atoms with Gasteiger partial charge in [0.25, 0.3) is 0 Å². The molecule has 0 aromatic carbocycles. The van der Waals surface area contributed by atoms with Gasteiger partial charge in [-0.1, -0.05) is 6.07 Å². The second-order valence-corrected chi connectivity index (χ2v) is 8.52. The molecule has 1 aliphatic carbocycles. The fourth-order valence-electron chi connectivity index (χ4n) is 4.63. The van der Waals surface area contributed by atoms with E-state index in [1.54, 1.807) is 6.20 Å². The maximum Gasteiger partial charge on any atom is 0.225 e. The highest BCUT2D eigenvalue weighted by Gasteiger charge is 2.53. The Bertz CT molecular complexity index is 641. The lowest BCUT2D eigenvalue weighted by molar-refractivity contribution is -0.152. The number of hydrogen-bond donors (Lipinski definition) is 1. The van der Waals surface area contributed by atoms with Gasteiger partial charge in [0, 0.05) is 25.8 Å². The number of rotatable bonds is 6. The van der Waals surface area contributed by atoms with E-state index in [0.29, 0.717) is 18.9 Å². The number of aliphatic hydroxyl groups is 1. The van der Waals surface area contributed by atoms with Crippen LogP contribution in [0.2, 0.25) is 0 Å². The number of likely N-dealkylation sites (N-methyl/N-ethyl adjacent to an activating group) is 1. The Morgan fingerprint density at radius 3 is 2.85 bits per heavy atom. The first-order valence-electron chi connectivity index (χ1n) is 9.67. The van der Waals surface area contributed by atoms with E-state index in [0.717, 1.165) is 57.6 Å². The van der Waals surface area contributed by atoms with Crippen molar-refractivity contribution in [1.82, 2.24) is 14.8 Å². The lowest BCUT2D eigenvalue weighted by Gasteiger charge is -2.52. The molecule has 6 nitrogen and oxygen atoms in total. The molecule has 3 heterocycles. The van der Waals surface area contributed by atoms with Crippen LogP contribution in [0.4, 0.5) is 0 Å². The van der Waals surface area contributed by atoms with E-state index in [1.165, 1.54) is 0 Å². The number of hydrogen-bond acceptors (Lipinski definition) is 5. The van der Waals surface area contributed by atoms with Gasteiger partial charge >= 0.3 is 0 Å². The van der Waals surface area contributed by atoms with Crippen molar-refractivity contribution in [3.63, 3.8) is 0 Å². The van der Waals surface area contributed by atoms with Crippen LogP contribution in [-0.4, -0.2) is 70.2 Å². The zero-order chi connectivity index (χ0) is 18.2. The van der Waals surface area contributed by atoms with E-state index >= 15 is 0 Å². The summed E-state index contributed by atoms with van der Waals surface area (Å²) >= 11 is 0. The van der Waals surface area contributed by atoms with Crippen LogP contribution in [-0.2, 0) is 16.1 Å². The quantitative estimate of drug-likeness (QED) is 0.832. The molecule has 3 fully saturated rings. The zero-order valence-electron chi connectivity index (χ0n) is 15.6. The first kappa shape index (κ1) is 17.9. The van der Waals surface area contributed by atoms with Crippen molar-refractivity contribution in [2.45, 2.75) is 49.9 Å². The predicted octanol–water partition coefficient (Wildman–Crippen LogP) is 1.44. The normalized spacial score (nSPS) is 26.5. The number of nitrogens with zero attached hydrogens (tertiary/aromatic N) is 3. The van der Waals surface area contributed by atoms with Crippen LogP contribution < -0.4 is 0 Å². The van der Waals surface area contributed by atoms with Gasteiger partial charge in [-0.05, 0) is 50.8 Å². The van der Waals surface area contributed by atoms with E-state index in [1.807, 2.05) is 23.1 Å². The van der Waals surface area contributed by atoms with Crippen molar-refractivity contribution in [3.05, 3.63) is 30.1 Å². The van der Waals surface area contributed by atoms with Crippen LogP contribution in [0.1, 0.15) is 37.8 Å². The Balaban J connectivity index is 1.22. The largest absolute Gasteiger partial charge is 0.389 e. The van der Waals surface area contributed by atoms with Gasteiger partial charge in [-0.2, -0.15) is 0 Å². The van der Waals surface area contributed by atoms with E-state index in [9.17, 15) is 9.90 Å². The Morgan fingerprint density at radius 1 is 1.38 bits per heavy atom. The fraction of sp³-hybridized carbons (Fsp3) is 0.700. The van der Waals surface area contributed by atoms with Crippen molar-refractivity contribution >= 4 is 5.91 Å². The number of amides is 1. The molecule has 1 atom stereocenters. The topological polar surface area (TPSA) is 65.9 Å². The summed E-state index contributed by atoms with van der Waals surface area (Å²) in [6, 6.07) is 5.87. The molecule has 1 N–H and O–H groups in total. The summed E-state index contributed by atoms with van der Waals surface area (Å²) in [5, 5.41) is 10.2. The van der Waals surface area contributed by atoms with Crippen molar-refractivity contribution in [2.24, 2.45) is 5.92 Å². The summed E-state index contributed by atoms with van der Waals surface area (Å²) in [4.78, 5) is 21.0. The van der Waals surface area contributed by atoms with Crippen molar-refractivity contribution in [3.8, 4) is 0 Å². The van der Waals surface area contributed by atoms with Crippen LogP contribution in [0.3, 0.4) is 0 Å². The van der Waals surface area contributed by atoms with Crippen LogP contribution in [0.15, 0.2) is 24.4 Å². The third-order valence-corrected chi connectivity index (χ3v) is 6.43. The van der Waals surface area contributed by atoms with E-state index in [-0.39, 0.29) is 11.4 Å². The summed E-state index contributed by atoms with van der Waals surface area (Å²) < 4.78 is 5.87. The molecule has 2 aliphatic heterocycles. The van der Waals surface area contributed by atoms with Gasteiger partial charge in [-0.15, -0.1) is 0 Å². The lowest BCUT2D eigenvalue weighted by atomic mass is 9.76. The highest BCUT2D eigenvalue weighted by atomic mass is 16.5. The minimum atomic E-state index is -0.719. The molecule has 4 rings (SSSR count). The maximum absolute atomic E-state index is 12.4. The van der Waals surface area contributed by atoms with Gasteiger partial charge < -0.3 is 14.7 Å². The van der Waals surface area contributed by atoms with Crippen LogP contribution in [0.25, 0.3) is 0 Å². The molecule has 1 saturated carbocycles. The smallest absolute Gasteiger partial charge is 0.225 e. The molecule has 1 amide bonds. The van der Waals surface area contributed by atoms with Gasteiger partial charge in [0.2, 0.25) is 5.91 Å². The summed E-state index contributed by atoms with van der Waals surface area (Å²) in [5.74, 6) is 0.609. The highest BCUT2D eigenvalue weighted by Crippen LogP contribution is 2.41. The first-order chi connectivity index (χ1) is 12.5. The number of pyridine rings is 1. The van der Waals surface area contributed by atoms with Crippen LogP contribution in [0.5, 0.6) is 0 Å². The summed E-state index contributed by atoms with van der Waals surface area (Å²) in [5.41, 5.74) is 0.350. The molecule has 0 bridgehead atoms. The molecule has 0 radical (unpaired) electrons. The average Bonchev–Trinajstić information content (AvgIpc) is 2.89. The fourth-order valence-corrected chi connectivity index (χ4v) is 4.63. The van der Waals surface area contributed by atoms with Crippen molar-refractivity contribution in [1.29, 1.82) is 0 Å². The van der Waals surface area contributed by atoms with Gasteiger partial charge in [-0.25, -0.2) is 0 Å². The second-order valence-electron chi connectivity index (χ2n) is 8.52. The second kappa shape index (κ2) is 6.91. The van der Waals surface area contributed by atoms with Gasteiger partial charge in [0.15, 0.2) is 0 Å². The standard InChI is InChI=1S/C20H29N3O3/c1-22-11-16(12-26-13-17-5-2-3-8-21-17)9-19(22)14-23(15-19)18(24)10-20(25)6-4-7-20/h2-3,5,8,16,25H,4,6-7,9-15H2,1H3. The Morgan fingerprint density at radius 2 is 2.19 bits per heavy atom. The minimum absolute atomic E-state index is 0.108. The SMILES string of the molecule is CN1CC(COCc2ccccn2)CC12CN(C(=O)CC1(O)CCC1)C2. The Labute approximate surface area is 155 Å². The van der Waals surface area contributed by atoms with Gasteiger partial charge in [-0.3, -0.25) is 14.7 Å². The highest BCUT2D eigenvalue weighted by molar-refractivity contribution is 5.78. The molecular formula is C20H29N3O3. The van der Waals surface area contributed by atoms with Gasteiger partial charge in [0.1, 0.15) is 0 Å². The van der Waals surface area contributed by atoms with Crippen LogP contribution in [0, 0.1) is 5.92 Å². The molecule has 1 spiro atoms. The lowest BCUT2D eigenvalue weighted by Crippen LogP contribution is -2.68. The Hall–Kier alpha value is -1.50. The maximum atomic E-state index is 12.4. The number of carbonyl (C=O) groups is 1. The van der Waals surface area contributed by atoms with Crippen LogP contribution >= 0.6 is 0 Å². The molecule has 2 saturated heterocycles. The monoisotopic (exact) mass is 359 g/mol. The third-order valence-electron chi connectivity index (χ3n) is 6.43. The summed E-state index contributed by atoms with van der Waals surface area (Å²) in [6.07, 6.45) is 5.73. The van der Waals surface area contributed by atoms with E-state index < -0.39 is 5.60 Å². The molecule has 142 valence electrons. The van der Waals surface area contributed by atoms with Gasteiger partial charge in [0.05, 0.1) is 36.5 Å². The molecular weight excluding hydrogens is 330 g/mol. The minimum Gasteiger partial charge on any atom is -0.389 e. The molecule has 1 unspecified atom stereocenters. The molecule has 3 aliphatic rings. The average molecular weight is 359 g/mol. The third kappa shape index (κ3) is 3.50. The predicted molar refractivity (Wildman–Crippen MR) is 97.4 cm³/mol. The van der Waals surface area contributed by atoms with Crippen molar-refractivity contribution < 1.29 is 14.6 Å². The summed E-state index contributed by atoms with van der Waals surface area (Å²) in [6.45, 7) is 3.87. The van der Waals surface area contributed by atoms with E-state index in [4.69, 9.17) is 4.74 Å². The van der Waals surface area contributed by atoms with Crippen molar-refractivity contribution in [2.75, 3.05) is 33.3 Å². The number of carbonyl (C=O) groups excluding carboxylic acids is 1. The zero-order valence-corrected chi connectivity index (χ0v) is 15.6. The number of ether oxygens (including phenoxy) is 1.